The third-order valence-electron chi connectivity index (χ3n) is 4.23. The molecule has 0 spiro atoms. The van der Waals surface area contributed by atoms with Crippen LogP contribution in [0, 0.1) is 5.82 Å². The summed E-state index contributed by atoms with van der Waals surface area (Å²) in [5, 5.41) is 8.34. The Labute approximate surface area is 138 Å². The second kappa shape index (κ2) is 6.04. The largest absolute Gasteiger partial charge is 0.368 e. The van der Waals surface area contributed by atoms with Crippen LogP contribution in [0.5, 0.6) is 0 Å². The molecule has 7 nitrogen and oxygen atoms in total. The van der Waals surface area contributed by atoms with Gasteiger partial charge in [0.1, 0.15) is 0 Å². The van der Waals surface area contributed by atoms with Crippen LogP contribution in [-0.4, -0.2) is 45.9 Å². The Hall–Kier alpha value is -2.74. The van der Waals surface area contributed by atoms with Crippen LogP contribution in [0.3, 0.4) is 0 Å². The van der Waals surface area contributed by atoms with E-state index in [-0.39, 0.29) is 11.8 Å². The lowest BCUT2D eigenvalue weighted by atomic mass is 10.1. The summed E-state index contributed by atoms with van der Waals surface area (Å²) in [4.78, 5) is 10.2. The first-order valence-electron chi connectivity index (χ1n) is 7.89. The highest BCUT2D eigenvalue weighted by atomic mass is 19.1. The van der Waals surface area contributed by atoms with Gasteiger partial charge in [-0.15, -0.1) is 0 Å². The monoisotopic (exact) mass is 327 g/mol. The van der Waals surface area contributed by atoms with E-state index in [1.165, 1.54) is 0 Å². The van der Waals surface area contributed by atoms with Gasteiger partial charge in [-0.05, 0) is 6.07 Å². The minimum atomic E-state index is -0.204. The Morgan fingerprint density at radius 3 is 2.88 bits per heavy atom. The topological polar surface area (TPSA) is 84.9 Å². The van der Waals surface area contributed by atoms with Crippen LogP contribution in [-0.2, 0) is 6.54 Å². The van der Waals surface area contributed by atoms with Gasteiger partial charge < -0.3 is 16.0 Å². The molecule has 0 saturated carbocycles. The zero-order valence-corrected chi connectivity index (χ0v) is 13.1. The molecule has 3 heterocycles. The highest BCUT2D eigenvalue weighted by molar-refractivity contribution is 5.74. The average Bonchev–Trinajstić information content (AvgIpc) is 3.00. The Balaban J connectivity index is 1.67. The molecular formula is C16H18FN7. The molecule has 8 heteroatoms. The number of nitrogens with two attached hydrogens (primary N) is 1. The van der Waals surface area contributed by atoms with Gasteiger partial charge in [0, 0.05) is 37.9 Å². The molecule has 3 N–H and O–H groups in total. The molecule has 0 unspecified atom stereocenters. The lowest BCUT2D eigenvalue weighted by molar-refractivity contribution is 0.554. The molecule has 1 saturated heterocycles. The Kier molecular flexibility index (Phi) is 3.73. The van der Waals surface area contributed by atoms with E-state index in [0.717, 1.165) is 31.6 Å². The van der Waals surface area contributed by atoms with Gasteiger partial charge in [-0.2, -0.15) is 10.1 Å². The SMILES string of the molecule is Nc1ncc2cnn(Cc3cccc(N4CCNCC4)c3F)c2n1. The molecule has 24 heavy (non-hydrogen) atoms. The maximum atomic E-state index is 15.0. The molecular weight excluding hydrogens is 309 g/mol. The molecule has 0 atom stereocenters. The number of fused-ring (bicyclic) bond motifs is 1. The van der Waals surface area contributed by atoms with E-state index >= 15 is 0 Å². The number of hydrogen-bond donors (Lipinski definition) is 2. The number of hydrogen-bond acceptors (Lipinski definition) is 6. The summed E-state index contributed by atoms with van der Waals surface area (Å²) in [6.07, 6.45) is 3.28. The minimum Gasteiger partial charge on any atom is -0.368 e. The number of anilines is 2. The molecule has 2 aromatic heterocycles. The molecule has 0 bridgehead atoms. The predicted molar refractivity (Wildman–Crippen MR) is 90.3 cm³/mol. The van der Waals surface area contributed by atoms with Crippen molar-refractivity contribution in [1.29, 1.82) is 0 Å². The van der Waals surface area contributed by atoms with Gasteiger partial charge in [0.05, 0.1) is 23.8 Å². The number of rotatable bonds is 3. The van der Waals surface area contributed by atoms with Crippen molar-refractivity contribution in [2.45, 2.75) is 6.54 Å². The molecule has 3 aromatic rings. The molecule has 4 rings (SSSR count). The Morgan fingerprint density at radius 1 is 1.21 bits per heavy atom. The number of halogens is 1. The van der Waals surface area contributed by atoms with Crippen molar-refractivity contribution in [2.75, 3.05) is 36.8 Å². The molecule has 1 fully saturated rings. The first-order valence-corrected chi connectivity index (χ1v) is 7.89. The lowest BCUT2D eigenvalue weighted by Gasteiger charge is -2.30. The maximum absolute atomic E-state index is 15.0. The third-order valence-corrected chi connectivity index (χ3v) is 4.23. The lowest BCUT2D eigenvalue weighted by Crippen LogP contribution is -2.44. The van der Waals surface area contributed by atoms with Crippen molar-refractivity contribution >= 4 is 22.7 Å². The third kappa shape index (κ3) is 2.65. The molecule has 0 aliphatic carbocycles. The fourth-order valence-electron chi connectivity index (χ4n) is 3.00. The van der Waals surface area contributed by atoms with Crippen LogP contribution in [0.15, 0.2) is 30.6 Å². The summed E-state index contributed by atoms with van der Waals surface area (Å²) in [7, 11) is 0. The summed E-state index contributed by atoms with van der Waals surface area (Å²) in [6.45, 7) is 3.63. The Bertz CT molecular complexity index is 870. The average molecular weight is 327 g/mol. The van der Waals surface area contributed by atoms with Crippen molar-refractivity contribution in [3.05, 3.63) is 42.0 Å². The van der Waals surface area contributed by atoms with Crippen LogP contribution in [0.2, 0.25) is 0 Å². The standard InChI is InChI=1S/C16H18FN7/c17-14-11(2-1-3-13(14)23-6-4-19-5-7-23)10-24-15-12(9-21-24)8-20-16(18)22-15/h1-3,8-9,19H,4-7,10H2,(H2,18,20,22). The van der Waals surface area contributed by atoms with Gasteiger partial charge >= 0.3 is 0 Å². The number of nitrogen functional groups attached to an aromatic ring is 1. The molecule has 1 aliphatic heterocycles. The number of nitrogens with one attached hydrogen (secondary N) is 1. The molecule has 1 aliphatic rings. The van der Waals surface area contributed by atoms with Gasteiger partial charge in [-0.3, -0.25) is 0 Å². The second-order valence-corrected chi connectivity index (χ2v) is 5.80. The van der Waals surface area contributed by atoms with Crippen molar-refractivity contribution in [2.24, 2.45) is 0 Å². The fourth-order valence-corrected chi connectivity index (χ4v) is 3.00. The first-order chi connectivity index (χ1) is 11.7. The molecule has 1 aromatic carbocycles. The second-order valence-electron chi connectivity index (χ2n) is 5.80. The van der Waals surface area contributed by atoms with E-state index < -0.39 is 0 Å². The van der Waals surface area contributed by atoms with E-state index in [1.54, 1.807) is 23.1 Å². The number of nitrogens with zero attached hydrogens (tertiary/aromatic N) is 5. The highest BCUT2D eigenvalue weighted by Gasteiger charge is 2.17. The minimum absolute atomic E-state index is 0.180. The van der Waals surface area contributed by atoms with Crippen molar-refractivity contribution in [3.63, 3.8) is 0 Å². The number of aromatic nitrogens is 4. The van der Waals surface area contributed by atoms with Crippen molar-refractivity contribution in [3.8, 4) is 0 Å². The van der Waals surface area contributed by atoms with Gasteiger partial charge in [-0.1, -0.05) is 12.1 Å². The summed E-state index contributed by atoms with van der Waals surface area (Å²) in [6, 6.07) is 5.48. The zero-order valence-electron chi connectivity index (χ0n) is 13.1. The van der Waals surface area contributed by atoms with Gasteiger partial charge in [0.25, 0.3) is 0 Å². The summed E-state index contributed by atoms with van der Waals surface area (Å²) in [5.41, 5.74) is 7.47. The van der Waals surface area contributed by atoms with Gasteiger partial charge in [0.15, 0.2) is 11.5 Å². The van der Waals surface area contributed by atoms with Gasteiger partial charge in [0.2, 0.25) is 5.95 Å². The number of benzene rings is 1. The van der Waals surface area contributed by atoms with Crippen LogP contribution in [0.25, 0.3) is 11.0 Å². The van der Waals surface area contributed by atoms with Gasteiger partial charge in [-0.25, -0.2) is 14.1 Å². The highest BCUT2D eigenvalue weighted by Crippen LogP contribution is 2.24. The van der Waals surface area contributed by atoms with E-state index in [0.29, 0.717) is 23.4 Å². The normalized spacial score (nSPS) is 15.1. The Morgan fingerprint density at radius 2 is 2.04 bits per heavy atom. The van der Waals surface area contributed by atoms with Crippen LogP contribution in [0.1, 0.15) is 5.56 Å². The van der Waals surface area contributed by atoms with E-state index in [1.807, 2.05) is 12.1 Å². The van der Waals surface area contributed by atoms with Crippen molar-refractivity contribution in [1.82, 2.24) is 25.1 Å². The fraction of sp³-hybridized carbons (Fsp3) is 0.312. The molecule has 0 amide bonds. The van der Waals surface area contributed by atoms with Crippen LogP contribution >= 0.6 is 0 Å². The van der Waals surface area contributed by atoms with E-state index in [9.17, 15) is 4.39 Å². The predicted octanol–water partition coefficient (Wildman–Crippen LogP) is 1.01. The van der Waals surface area contributed by atoms with E-state index in [2.05, 4.69) is 25.3 Å². The summed E-state index contributed by atoms with van der Waals surface area (Å²) >= 11 is 0. The van der Waals surface area contributed by atoms with Crippen molar-refractivity contribution < 1.29 is 4.39 Å². The zero-order chi connectivity index (χ0) is 16.5. The van der Waals surface area contributed by atoms with E-state index in [4.69, 9.17) is 5.73 Å². The quantitative estimate of drug-likeness (QED) is 0.747. The number of piperazine rings is 1. The summed E-state index contributed by atoms with van der Waals surface area (Å²) in [5.74, 6) is -0.0237. The summed E-state index contributed by atoms with van der Waals surface area (Å²) < 4.78 is 16.6. The van der Waals surface area contributed by atoms with Crippen LogP contribution in [0.4, 0.5) is 16.0 Å². The van der Waals surface area contributed by atoms with Crippen LogP contribution < -0.4 is 16.0 Å². The first kappa shape index (κ1) is 14.8. The molecule has 0 radical (unpaired) electrons. The molecule has 124 valence electrons. The maximum Gasteiger partial charge on any atom is 0.222 e. The smallest absolute Gasteiger partial charge is 0.222 e.